The van der Waals surface area contributed by atoms with Crippen LogP contribution in [-0.4, -0.2) is 15.6 Å². The van der Waals surface area contributed by atoms with Gasteiger partial charge >= 0.3 is 0 Å². The molecule has 5 rings (SSSR count). The van der Waals surface area contributed by atoms with Gasteiger partial charge in [-0.2, -0.15) is 10.4 Å². The van der Waals surface area contributed by atoms with E-state index in [4.69, 9.17) is 5.26 Å². The Morgan fingerprint density at radius 1 is 1.17 bits per heavy atom. The lowest BCUT2D eigenvalue weighted by molar-refractivity contribution is -0.131. The van der Waals surface area contributed by atoms with Crippen molar-refractivity contribution in [3.8, 4) is 6.07 Å². The highest BCUT2D eigenvalue weighted by atomic mass is 16.1. The van der Waals surface area contributed by atoms with Gasteiger partial charge in [0.2, 0.25) is 0 Å². The Bertz CT molecular complexity index is 853. The number of hydrogen-bond donors (Lipinski definition) is 0. The molecule has 0 aromatic carbocycles. The largest absolute Gasteiger partial charge is 0.297 e. The molecule has 4 heteroatoms. The van der Waals surface area contributed by atoms with Gasteiger partial charge in [-0.15, -0.1) is 0 Å². The Labute approximate surface area is 181 Å². The Kier molecular flexibility index (Phi) is 5.07. The van der Waals surface area contributed by atoms with Crippen molar-refractivity contribution < 1.29 is 4.79 Å². The zero-order valence-corrected chi connectivity index (χ0v) is 18.9. The Balaban J connectivity index is 1.35. The van der Waals surface area contributed by atoms with Crippen molar-refractivity contribution in [3.05, 3.63) is 18.0 Å². The van der Waals surface area contributed by atoms with E-state index in [1.54, 1.807) is 17.1 Å². The minimum atomic E-state index is 0.150. The second kappa shape index (κ2) is 7.50. The first kappa shape index (κ1) is 20.3. The van der Waals surface area contributed by atoms with E-state index in [0.717, 1.165) is 36.0 Å². The van der Waals surface area contributed by atoms with Crippen molar-refractivity contribution >= 4 is 5.78 Å². The molecular formula is C26H37N3O. The molecule has 1 aromatic rings. The van der Waals surface area contributed by atoms with E-state index in [1.165, 1.54) is 44.9 Å². The molecule has 30 heavy (non-hydrogen) atoms. The van der Waals surface area contributed by atoms with Crippen LogP contribution in [0.25, 0.3) is 0 Å². The van der Waals surface area contributed by atoms with E-state index in [2.05, 4.69) is 31.9 Å². The van der Waals surface area contributed by atoms with Gasteiger partial charge < -0.3 is 0 Å². The van der Waals surface area contributed by atoms with Gasteiger partial charge in [-0.1, -0.05) is 27.2 Å². The van der Waals surface area contributed by atoms with Crippen molar-refractivity contribution in [2.24, 2.45) is 52.8 Å². The molecule has 4 nitrogen and oxygen atoms in total. The smallest absolute Gasteiger partial charge is 0.157 e. The second-order valence-electron chi connectivity index (χ2n) is 11.6. The van der Waals surface area contributed by atoms with Crippen LogP contribution in [0.15, 0.2) is 12.4 Å². The molecule has 2 unspecified atom stereocenters. The van der Waals surface area contributed by atoms with E-state index >= 15 is 0 Å². The van der Waals surface area contributed by atoms with E-state index in [9.17, 15) is 4.79 Å². The van der Waals surface area contributed by atoms with Crippen molar-refractivity contribution in [1.29, 1.82) is 5.26 Å². The molecule has 1 heterocycles. The fourth-order valence-electron chi connectivity index (χ4n) is 8.91. The van der Waals surface area contributed by atoms with Gasteiger partial charge in [-0.05, 0) is 91.8 Å². The van der Waals surface area contributed by atoms with Crippen LogP contribution in [0.4, 0.5) is 0 Å². The summed E-state index contributed by atoms with van der Waals surface area (Å²) in [7, 11) is 0. The molecule has 4 fully saturated rings. The van der Waals surface area contributed by atoms with Crippen molar-refractivity contribution in [2.75, 3.05) is 0 Å². The fourth-order valence-corrected chi connectivity index (χ4v) is 8.91. The van der Waals surface area contributed by atoms with Crippen LogP contribution in [0.3, 0.4) is 0 Å². The lowest BCUT2D eigenvalue weighted by Gasteiger charge is -2.56. The third kappa shape index (κ3) is 3.15. The first-order valence-corrected chi connectivity index (χ1v) is 12.4. The maximum absolute atomic E-state index is 13.4. The standard InChI is InChI=1S/C26H37N3O/c1-16-4-6-20-19(10-16)5-7-22-21(20)8-9-26(3)23(11-17(2)25(22)26)24(30)15-29-14-18(12-27)13-28-29/h13-14,16-17,19-23,25H,4-11,15H2,1-3H3/t16-,17+,19+,20-,21?,22+,23+,25?,26+/m0/s1. The molecular weight excluding hydrogens is 370 g/mol. The average Bonchev–Trinajstić information content (AvgIpc) is 3.29. The van der Waals surface area contributed by atoms with Crippen molar-refractivity contribution in [1.82, 2.24) is 9.78 Å². The van der Waals surface area contributed by atoms with E-state index in [0.29, 0.717) is 29.7 Å². The van der Waals surface area contributed by atoms with Crippen LogP contribution in [0.1, 0.15) is 77.7 Å². The summed E-state index contributed by atoms with van der Waals surface area (Å²) in [6, 6.07) is 2.11. The topological polar surface area (TPSA) is 58.7 Å². The van der Waals surface area contributed by atoms with Crippen molar-refractivity contribution in [3.63, 3.8) is 0 Å². The minimum absolute atomic E-state index is 0.150. The minimum Gasteiger partial charge on any atom is -0.297 e. The molecule has 4 aliphatic rings. The summed E-state index contributed by atoms with van der Waals surface area (Å²) in [6.45, 7) is 7.64. The summed E-state index contributed by atoms with van der Waals surface area (Å²) >= 11 is 0. The molecule has 162 valence electrons. The van der Waals surface area contributed by atoms with Gasteiger partial charge in [-0.25, -0.2) is 0 Å². The fraction of sp³-hybridized carbons (Fsp3) is 0.808. The number of nitriles is 1. The summed E-state index contributed by atoms with van der Waals surface area (Å²) < 4.78 is 1.67. The number of carbonyl (C=O) groups excluding carboxylic acids is 1. The van der Waals surface area contributed by atoms with Crippen LogP contribution >= 0.6 is 0 Å². The summed E-state index contributed by atoms with van der Waals surface area (Å²) in [5.41, 5.74) is 0.684. The van der Waals surface area contributed by atoms with Gasteiger partial charge in [0.25, 0.3) is 0 Å². The number of rotatable bonds is 3. The number of fused-ring (bicyclic) bond motifs is 5. The highest BCUT2D eigenvalue weighted by molar-refractivity contribution is 5.82. The Morgan fingerprint density at radius 2 is 1.97 bits per heavy atom. The predicted molar refractivity (Wildman–Crippen MR) is 116 cm³/mol. The maximum atomic E-state index is 13.4. The van der Waals surface area contributed by atoms with Crippen LogP contribution in [0.5, 0.6) is 0 Å². The average molecular weight is 408 g/mol. The van der Waals surface area contributed by atoms with Crippen LogP contribution in [-0.2, 0) is 11.3 Å². The van der Waals surface area contributed by atoms with Crippen LogP contribution in [0.2, 0.25) is 0 Å². The number of hydrogen-bond acceptors (Lipinski definition) is 3. The Hall–Kier alpha value is -1.63. The zero-order chi connectivity index (χ0) is 21.0. The molecule has 0 bridgehead atoms. The number of carbonyl (C=O) groups is 1. The van der Waals surface area contributed by atoms with Gasteiger partial charge in [0.15, 0.2) is 5.78 Å². The van der Waals surface area contributed by atoms with Gasteiger partial charge in [-0.3, -0.25) is 9.48 Å². The van der Waals surface area contributed by atoms with Gasteiger partial charge in [0.1, 0.15) is 6.07 Å². The maximum Gasteiger partial charge on any atom is 0.157 e. The summed E-state index contributed by atoms with van der Waals surface area (Å²) in [5.74, 6) is 6.43. The molecule has 4 saturated carbocycles. The van der Waals surface area contributed by atoms with Crippen LogP contribution in [0, 0.1) is 64.1 Å². The number of aromatic nitrogens is 2. The van der Waals surface area contributed by atoms with E-state index < -0.39 is 0 Å². The molecule has 1 aromatic heterocycles. The van der Waals surface area contributed by atoms with E-state index in [-0.39, 0.29) is 11.3 Å². The number of ketones is 1. The number of nitrogens with zero attached hydrogens (tertiary/aromatic N) is 3. The van der Waals surface area contributed by atoms with Crippen LogP contribution < -0.4 is 0 Å². The summed E-state index contributed by atoms with van der Waals surface area (Å²) in [4.78, 5) is 13.4. The molecule has 9 atom stereocenters. The summed E-state index contributed by atoms with van der Waals surface area (Å²) in [6.07, 6.45) is 14.0. The van der Waals surface area contributed by atoms with Gasteiger partial charge in [0.05, 0.1) is 18.3 Å². The van der Waals surface area contributed by atoms with Crippen molar-refractivity contribution in [2.45, 2.75) is 78.7 Å². The molecule has 4 aliphatic carbocycles. The quantitative estimate of drug-likeness (QED) is 0.667. The number of Topliss-reactive ketones (excluding diaryl/α,β-unsaturated/α-hetero) is 1. The van der Waals surface area contributed by atoms with E-state index in [1.807, 2.05) is 0 Å². The lowest BCUT2D eigenvalue weighted by Crippen LogP contribution is -2.50. The SMILES string of the molecule is C[C@H]1CC[C@@H]2C3CC[C@@]4(C)C([C@@H]3CC[C@@H]2C1)[C@H](C)C[C@@H]4C(=O)Cn1cc(C#N)cn1. The third-order valence-electron chi connectivity index (χ3n) is 10.00. The predicted octanol–water partition coefficient (Wildman–Crippen LogP) is 5.47. The highest BCUT2D eigenvalue weighted by Gasteiger charge is 2.60. The normalized spacial score (nSPS) is 45.1. The second-order valence-corrected chi connectivity index (χ2v) is 11.6. The summed E-state index contributed by atoms with van der Waals surface area (Å²) in [5, 5.41) is 13.3. The first-order valence-electron chi connectivity index (χ1n) is 12.4. The monoisotopic (exact) mass is 407 g/mol. The molecule has 0 aliphatic heterocycles. The highest BCUT2D eigenvalue weighted by Crippen LogP contribution is 2.66. The first-order chi connectivity index (χ1) is 14.4. The molecule has 0 N–H and O–H groups in total. The lowest BCUT2D eigenvalue weighted by atomic mass is 9.48. The van der Waals surface area contributed by atoms with Gasteiger partial charge in [0, 0.05) is 12.1 Å². The zero-order valence-electron chi connectivity index (χ0n) is 18.9. The molecule has 0 radical (unpaired) electrons. The molecule has 0 amide bonds. The third-order valence-corrected chi connectivity index (χ3v) is 10.00. The molecule has 0 saturated heterocycles. The molecule has 0 spiro atoms. The Morgan fingerprint density at radius 3 is 2.73 bits per heavy atom.